The Bertz CT molecular complexity index is 1440. The molecule has 2 heterocycles. The smallest absolute Gasteiger partial charge is 0.338 e. The van der Waals surface area contributed by atoms with Crippen molar-refractivity contribution in [3.8, 4) is 17.2 Å². The number of carbonyl (C=O) groups is 1. The van der Waals surface area contributed by atoms with E-state index in [9.17, 15) is 9.59 Å². The largest absolute Gasteiger partial charge is 0.493 e. The summed E-state index contributed by atoms with van der Waals surface area (Å²) in [7, 11) is 5.94. The van der Waals surface area contributed by atoms with Crippen molar-refractivity contribution >= 4 is 23.4 Å². The second-order valence-corrected chi connectivity index (χ2v) is 8.67. The molecule has 0 saturated heterocycles. The fourth-order valence-electron chi connectivity index (χ4n) is 4.15. The molecule has 0 N–H and O–H groups in total. The van der Waals surface area contributed by atoms with Gasteiger partial charge in [0.2, 0.25) is 5.75 Å². The Morgan fingerprint density at radius 2 is 1.71 bits per heavy atom. The summed E-state index contributed by atoms with van der Waals surface area (Å²) < 4.78 is 23.4. The maximum absolute atomic E-state index is 13.7. The zero-order valence-corrected chi connectivity index (χ0v) is 21.0. The number of allylic oxidation sites excluding steroid dienone is 1. The van der Waals surface area contributed by atoms with Gasteiger partial charge in [-0.15, -0.1) is 0 Å². The van der Waals surface area contributed by atoms with E-state index in [1.54, 1.807) is 22.8 Å². The summed E-state index contributed by atoms with van der Waals surface area (Å²) in [5, 5.41) is 0. The fourth-order valence-corrected chi connectivity index (χ4v) is 5.17. The first kappa shape index (κ1) is 24.3. The van der Waals surface area contributed by atoms with E-state index in [2.05, 4.69) is 4.99 Å². The van der Waals surface area contributed by atoms with Gasteiger partial charge in [0.05, 0.1) is 50.3 Å². The lowest BCUT2D eigenvalue weighted by Gasteiger charge is -2.25. The molecule has 0 radical (unpaired) electrons. The van der Waals surface area contributed by atoms with Crippen LogP contribution in [0.5, 0.6) is 17.2 Å². The molecule has 3 aromatic rings. The van der Waals surface area contributed by atoms with Crippen LogP contribution in [0, 0.1) is 0 Å². The number of hydrogen-bond acceptors (Lipinski definition) is 8. The molecule has 0 bridgehead atoms. The third kappa shape index (κ3) is 4.35. The first-order chi connectivity index (χ1) is 17.0. The average Bonchev–Trinajstić information content (AvgIpc) is 3.21. The zero-order chi connectivity index (χ0) is 25.1. The van der Waals surface area contributed by atoms with Crippen molar-refractivity contribution in [2.45, 2.75) is 19.4 Å². The predicted octanol–water partition coefficient (Wildman–Crippen LogP) is 2.82. The maximum Gasteiger partial charge on any atom is 0.338 e. The summed E-state index contributed by atoms with van der Waals surface area (Å²) in [4.78, 5) is 31.7. The molecule has 1 aliphatic heterocycles. The number of rotatable bonds is 7. The van der Waals surface area contributed by atoms with E-state index < -0.39 is 12.0 Å². The SMILES string of the molecule is CCC1=C(C(=O)OC)[C@@H](c2ccccc2)n2c(s/c(=C\c3cc(OC)c(OC)c(OC)c3)c2=O)=N1. The molecule has 0 saturated carbocycles. The molecule has 0 unspecified atom stereocenters. The lowest BCUT2D eigenvalue weighted by Crippen LogP contribution is -2.40. The van der Waals surface area contributed by atoms with Crippen molar-refractivity contribution in [3.63, 3.8) is 0 Å². The average molecular weight is 495 g/mol. The molecular weight excluding hydrogens is 468 g/mol. The van der Waals surface area contributed by atoms with Crippen LogP contribution in [0.2, 0.25) is 0 Å². The van der Waals surface area contributed by atoms with Gasteiger partial charge in [-0.2, -0.15) is 0 Å². The number of benzene rings is 2. The van der Waals surface area contributed by atoms with Crippen LogP contribution in [0.25, 0.3) is 6.08 Å². The lowest BCUT2D eigenvalue weighted by atomic mass is 9.95. The van der Waals surface area contributed by atoms with Crippen molar-refractivity contribution < 1.29 is 23.7 Å². The van der Waals surface area contributed by atoms with E-state index >= 15 is 0 Å². The normalized spacial score (nSPS) is 15.3. The van der Waals surface area contributed by atoms with Crippen LogP contribution >= 0.6 is 11.3 Å². The Morgan fingerprint density at radius 1 is 1.06 bits per heavy atom. The standard InChI is InChI=1S/C26H26N2O6S/c1-6-17-21(25(30)34-5)22(16-10-8-7-9-11-16)28-24(29)20(35-26(28)27-17)14-15-12-18(31-2)23(33-4)19(13-15)32-3/h7-14,22H,6H2,1-5H3/b20-14-/t22-/m1/s1. The number of hydrogen-bond donors (Lipinski definition) is 0. The maximum atomic E-state index is 13.7. The van der Waals surface area contributed by atoms with E-state index in [1.807, 2.05) is 37.3 Å². The van der Waals surface area contributed by atoms with E-state index in [4.69, 9.17) is 18.9 Å². The Balaban J connectivity index is 1.98. The number of carbonyl (C=O) groups excluding carboxylic acids is 1. The van der Waals surface area contributed by atoms with E-state index in [0.717, 1.165) is 5.56 Å². The molecule has 2 aromatic carbocycles. The van der Waals surface area contributed by atoms with Gasteiger partial charge in [0, 0.05) is 0 Å². The molecule has 0 spiro atoms. The highest BCUT2D eigenvalue weighted by Crippen LogP contribution is 2.38. The number of nitrogens with zero attached hydrogens (tertiary/aromatic N) is 2. The fraction of sp³-hybridized carbons (Fsp3) is 0.269. The quantitative estimate of drug-likeness (QED) is 0.470. The molecule has 35 heavy (non-hydrogen) atoms. The van der Waals surface area contributed by atoms with Gasteiger partial charge in [0.15, 0.2) is 16.3 Å². The summed E-state index contributed by atoms with van der Waals surface area (Å²) in [5.41, 5.74) is 2.21. The Labute approximate surface area is 206 Å². The lowest BCUT2D eigenvalue weighted by molar-refractivity contribution is -0.136. The molecular formula is C26H26N2O6S. The van der Waals surface area contributed by atoms with Crippen LogP contribution in [-0.4, -0.2) is 39.0 Å². The van der Waals surface area contributed by atoms with Crippen molar-refractivity contribution in [1.82, 2.24) is 4.57 Å². The molecule has 8 nitrogen and oxygen atoms in total. The van der Waals surface area contributed by atoms with E-state index in [0.29, 0.717) is 49.8 Å². The van der Waals surface area contributed by atoms with Gasteiger partial charge in [-0.05, 0) is 35.8 Å². The van der Waals surface area contributed by atoms with Gasteiger partial charge in [-0.3, -0.25) is 9.36 Å². The first-order valence-corrected chi connectivity index (χ1v) is 11.8. The number of methoxy groups -OCH3 is 4. The van der Waals surface area contributed by atoms with Crippen molar-refractivity contribution in [1.29, 1.82) is 0 Å². The summed E-state index contributed by atoms with van der Waals surface area (Å²) in [5.74, 6) is 0.926. The minimum atomic E-state index is -0.642. The molecule has 4 rings (SSSR count). The number of thiazole rings is 1. The Hall–Kier alpha value is -3.85. The summed E-state index contributed by atoms with van der Waals surface area (Å²) in [6.45, 7) is 1.92. The third-order valence-electron chi connectivity index (χ3n) is 5.75. The number of aromatic nitrogens is 1. The Morgan fingerprint density at radius 3 is 2.26 bits per heavy atom. The zero-order valence-electron chi connectivity index (χ0n) is 20.2. The molecule has 0 aliphatic carbocycles. The topological polar surface area (TPSA) is 88.4 Å². The summed E-state index contributed by atoms with van der Waals surface area (Å²) in [6, 6.07) is 12.3. The van der Waals surface area contributed by atoms with Gasteiger partial charge in [0.1, 0.15) is 0 Å². The highest BCUT2D eigenvalue weighted by atomic mass is 32.1. The highest BCUT2D eigenvalue weighted by Gasteiger charge is 2.33. The van der Waals surface area contributed by atoms with Crippen molar-refractivity contribution in [2.75, 3.05) is 28.4 Å². The van der Waals surface area contributed by atoms with Gasteiger partial charge in [-0.1, -0.05) is 48.6 Å². The second-order valence-electron chi connectivity index (χ2n) is 7.66. The van der Waals surface area contributed by atoms with Crippen LogP contribution in [0.1, 0.15) is 30.5 Å². The monoisotopic (exact) mass is 494 g/mol. The van der Waals surface area contributed by atoms with Gasteiger partial charge < -0.3 is 18.9 Å². The number of fused-ring (bicyclic) bond motifs is 1. The third-order valence-corrected chi connectivity index (χ3v) is 6.73. The van der Waals surface area contributed by atoms with Gasteiger partial charge >= 0.3 is 5.97 Å². The number of ether oxygens (including phenoxy) is 4. The van der Waals surface area contributed by atoms with Gasteiger partial charge in [-0.25, -0.2) is 9.79 Å². The number of esters is 1. The molecule has 182 valence electrons. The molecule has 0 fully saturated rings. The first-order valence-electron chi connectivity index (χ1n) is 10.9. The van der Waals surface area contributed by atoms with Crippen molar-refractivity contribution in [3.05, 3.63) is 84.5 Å². The molecule has 1 aliphatic rings. The molecule has 0 amide bonds. The van der Waals surface area contributed by atoms with Crippen LogP contribution in [0.4, 0.5) is 0 Å². The van der Waals surface area contributed by atoms with Crippen molar-refractivity contribution in [2.24, 2.45) is 4.99 Å². The van der Waals surface area contributed by atoms with E-state index in [-0.39, 0.29) is 5.56 Å². The van der Waals surface area contributed by atoms with Gasteiger partial charge in [0.25, 0.3) is 5.56 Å². The van der Waals surface area contributed by atoms with Crippen LogP contribution in [0.3, 0.4) is 0 Å². The molecule has 1 atom stereocenters. The van der Waals surface area contributed by atoms with Crippen LogP contribution in [-0.2, 0) is 9.53 Å². The Kier molecular flexibility index (Phi) is 7.07. The minimum Gasteiger partial charge on any atom is -0.493 e. The summed E-state index contributed by atoms with van der Waals surface area (Å²) in [6.07, 6.45) is 2.27. The highest BCUT2D eigenvalue weighted by molar-refractivity contribution is 7.07. The van der Waals surface area contributed by atoms with Crippen LogP contribution < -0.4 is 29.1 Å². The predicted molar refractivity (Wildman–Crippen MR) is 133 cm³/mol. The second kappa shape index (κ2) is 10.2. The summed E-state index contributed by atoms with van der Waals surface area (Å²) >= 11 is 1.26. The molecule has 1 aromatic heterocycles. The molecule has 9 heteroatoms. The van der Waals surface area contributed by atoms with Crippen LogP contribution in [0.15, 0.2) is 63.5 Å². The van der Waals surface area contributed by atoms with E-state index in [1.165, 1.54) is 39.8 Å². The minimum absolute atomic E-state index is 0.257.